The minimum absolute atomic E-state index is 0.0949. The van der Waals surface area contributed by atoms with Gasteiger partial charge in [-0.05, 0) is 80.6 Å². The Hall–Kier alpha value is -3.65. The van der Waals surface area contributed by atoms with Gasteiger partial charge in [0.1, 0.15) is 0 Å². The van der Waals surface area contributed by atoms with E-state index in [0.29, 0.717) is 0 Å². The van der Waals surface area contributed by atoms with Gasteiger partial charge in [0, 0.05) is 27.7 Å². The molecule has 0 radical (unpaired) electrons. The maximum atomic E-state index is 5.17. The Bertz CT molecular complexity index is 2160. The molecule has 7 aromatic rings. The average molecular weight is 551 g/mol. The molecular formula is C40H42N2. The normalized spacial score (nSPS) is 15.6. The molecule has 1 fully saturated rings. The van der Waals surface area contributed by atoms with Gasteiger partial charge in [-0.15, -0.1) is 0 Å². The monoisotopic (exact) mass is 550 g/mol. The lowest BCUT2D eigenvalue weighted by molar-refractivity contribution is 0.413. The largest absolute Gasteiger partial charge is 0.308 e. The standard InChI is InChI=1S/C40H42N2/c1-39(2,3)23-32-29-16-15-28(40(4,5)6)21-26(29)22-31-36-35-25(17-18-41-36)20-27(19-24-11-7-8-12-24)34-30-13-9-10-14-33(30)42(37(31)32)38(34)35/h9-10,13-18,20-22,24H,7-8,11-12,19,23H2,1-6H3. The predicted octanol–water partition coefficient (Wildman–Crippen LogP) is 11.2. The van der Waals surface area contributed by atoms with Crippen molar-refractivity contribution in [3.8, 4) is 0 Å². The number of aromatic nitrogens is 2. The zero-order chi connectivity index (χ0) is 29.0. The van der Waals surface area contributed by atoms with Gasteiger partial charge < -0.3 is 4.40 Å². The van der Waals surface area contributed by atoms with Crippen molar-refractivity contribution >= 4 is 59.8 Å². The summed E-state index contributed by atoms with van der Waals surface area (Å²) in [7, 11) is 0. The highest BCUT2D eigenvalue weighted by Crippen LogP contribution is 2.46. The van der Waals surface area contributed by atoms with E-state index in [-0.39, 0.29) is 10.8 Å². The van der Waals surface area contributed by atoms with E-state index in [1.165, 1.54) is 103 Å². The van der Waals surface area contributed by atoms with Crippen molar-refractivity contribution in [1.29, 1.82) is 0 Å². The maximum absolute atomic E-state index is 5.17. The molecule has 0 unspecified atom stereocenters. The van der Waals surface area contributed by atoms with Crippen LogP contribution in [0.15, 0.2) is 66.9 Å². The first-order valence-corrected chi connectivity index (χ1v) is 16.0. The Kier molecular flexibility index (Phi) is 5.53. The fourth-order valence-corrected chi connectivity index (χ4v) is 8.11. The van der Waals surface area contributed by atoms with E-state index < -0.39 is 0 Å². The minimum atomic E-state index is 0.0949. The molecule has 3 aromatic heterocycles. The summed E-state index contributed by atoms with van der Waals surface area (Å²) in [6.45, 7) is 14.1. The summed E-state index contributed by atoms with van der Waals surface area (Å²) >= 11 is 0. The molecule has 0 atom stereocenters. The zero-order valence-electron chi connectivity index (χ0n) is 26.1. The molecule has 0 bridgehead atoms. The number of nitrogens with zero attached hydrogens (tertiary/aromatic N) is 2. The first-order chi connectivity index (χ1) is 20.1. The Morgan fingerprint density at radius 2 is 1.55 bits per heavy atom. The van der Waals surface area contributed by atoms with Crippen molar-refractivity contribution in [3.05, 3.63) is 83.6 Å². The zero-order valence-corrected chi connectivity index (χ0v) is 26.1. The Morgan fingerprint density at radius 3 is 2.31 bits per heavy atom. The van der Waals surface area contributed by atoms with Crippen molar-refractivity contribution in [2.75, 3.05) is 0 Å². The van der Waals surface area contributed by atoms with Crippen LogP contribution in [-0.4, -0.2) is 9.38 Å². The predicted molar refractivity (Wildman–Crippen MR) is 181 cm³/mol. The van der Waals surface area contributed by atoms with Crippen LogP contribution in [0.2, 0.25) is 0 Å². The molecule has 212 valence electrons. The van der Waals surface area contributed by atoms with Gasteiger partial charge in [0.25, 0.3) is 0 Å². The van der Waals surface area contributed by atoms with E-state index in [0.717, 1.165) is 17.9 Å². The Morgan fingerprint density at radius 1 is 0.762 bits per heavy atom. The van der Waals surface area contributed by atoms with Gasteiger partial charge >= 0.3 is 0 Å². The summed E-state index contributed by atoms with van der Waals surface area (Å²) in [5.74, 6) is 0.793. The van der Waals surface area contributed by atoms with Crippen LogP contribution in [0.5, 0.6) is 0 Å². The lowest BCUT2D eigenvalue weighted by Gasteiger charge is -2.25. The molecule has 8 rings (SSSR count). The number of benzene rings is 4. The van der Waals surface area contributed by atoms with Crippen LogP contribution in [-0.2, 0) is 18.3 Å². The average Bonchev–Trinajstić information content (AvgIpc) is 3.57. The molecule has 0 amide bonds. The summed E-state index contributed by atoms with van der Waals surface area (Å²) in [5, 5.41) is 9.46. The van der Waals surface area contributed by atoms with Gasteiger partial charge in [0.2, 0.25) is 0 Å². The van der Waals surface area contributed by atoms with Gasteiger partial charge in [-0.1, -0.05) is 110 Å². The summed E-state index contributed by atoms with van der Waals surface area (Å²) < 4.78 is 2.65. The molecule has 1 aliphatic carbocycles. The van der Waals surface area contributed by atoms with E-state index in [1.807, 2.05) is 6.20 Å². The van der Waals surface area contributed by atoms with Gasteiger partial charge in [-0.2, -0.15) is 0 Å². The van der Waals surface area contributed by atoms with Crippen molar-refractivity contribution < 1.29 is 0 Å². The molecule has 42 heavy (non-hydrogen) atoms. The maximum Gasteiger partial charge on any atom is 0.0823 e. The lowest BCUT2D eigenvalue weighted by atomic mass is 9.82. The van der Waals surface area contributed by atoms with Gasteiger partial charge in [-0.25, -0.2) is 0 Å². The second-order valence-electron chi connectivity index (χ2n) is 15.4. The number of para-hydroxylation sites is 1. The molecule has 3 heterocycles. The molecule has 0 saturated heterocycles. The molecular weight excluding hydrogens is 508 g/mol. The summed E-state index contributed by atoms with van der Waals surface area (Å²) in [5.41, 5.74) is 9.77. The van der Waals surface area contributed by atoms with E-state index in [2.05, 4.69) is 107 Å². The van der Waals surface area contributed by atoms with E-state index >= 15 is 0 Å². The quantitative estimate of drug-likeness (QED) is 0.158. The van der Waals surface area contributed by atoms with Crippen molar-refractivity contribution in [2.24, 2.45) is 11.3 Å². The molecule has 4 aromatic carbocycles. The number of hydrogen-bond donors (Lipinski definition) is 0. The fourth-order valence-electron chi connectivity index (χ4n) is 8.11. The van der Waals surface area contributed by atoms with Gasteiger partial charge in [-0.3, -0.25) is 4.98 Å². The summed E-state index contributed by atoms with van der Waals surface area (Å²) in [4.78, 5) is 5.17. The highest BCUT2D eigenvalue weighted by molar-refractivity contribution is 6.29. The van der Waals surface area contributed by atoms with E-state index in [4.69, 9.17) is 4.98 Å². The van der Waals surface area contributed by atoms with Crippen LogP contribution in [0, 0.1) is 11.3 Å². The second-order valence-corrected chi connectivity index (χ2v) is 15.4. The molecule has 1 aliphatic rings. The summed E-state index contributed by atoms with van der Waals surface area (Å²) in [6, 6.07) is 23.6. The fraction of sp³-hybridized carbons (Fsp3) is 0.375. The van der Waals surface area contributed by atoms with Crippen molar-refractivity contribution in [3.63, 3.8) is 0 Å². The molecule has 2 heteroatoms. The third-order valence-corrected chi connectivity index (χ3v) is 10.00. The number of pyridine rings is 2. The number of hydrogen-bond acceptors (Lipinski definition) is 1. The molecule has 1 saturated carbocycles. The van der Waals surface area contributed by atoms with Gasteiger partial charge in [0.15, 0.2) is 0 Å². The van der Waals surface area contributed by atoms with Gasteiger partial charge in [0.05, 0.1) is 22.1 Å². The molecule has 0 N–H and O–H groups in total. The first-order valence-electron chi connectivity index (χ1n) is 16.0. The van der Waals surface area contributed by atoms with Crippen molar-refractivity contribution in [1.82, 2.24) is 9.38 Å². The topological polar surface area (TPSA) is 17.3 Å². The third kappa shape index (κ3) is 3.87. The Balaban J connectivity index is 1.62. The third-order valence-electron chi connectivity index (χ3n) is 10.00. The van der Waals surface area contributed by atoms with Crippen LogP contribution in [0.4, 0.5) is 0 Å². The Labute approximate surface area is 249 Å². The van der Waals surface area contributed by atoms with Crippen LogP contribution in [0.25, 0.3) is 59.8 Å². The smallest absolute Gasteiger partial charge is 0.0823 e. The first kappa shape index (κ1) is 26.0. The van der Waals surface area contributed by atoms with Crippen molar-refractivity contribution in [2.45, 2.75) is 85.5 Å². The SMILES string of the molecule is CC(C)(C)Cc1c2ccc(C(C)(C)C)cc2cc2c3nccc4cc(CC5CCCC5)c5c6ccccc6n(c12)c5c43. The number of fused-ring (bicyclic) bond motifs is 7. The van der Waals surface area contributed by atoms with Crippen LogP contribution >= 0.6 is 0 Å². The van der Waals surface area contributed by atoms with Crippen LogP contribution in [0.3, 0.4) is 0 Å². The molecule has 2 nitrogen and oxygen atoms in total. The van der Waals surface area contributed by atoms with Crippen LogP contribution < -0.4 is 0 Å². The molecule has 0 aliphatic heterocycles. The highest BCUT2D eigenvalue weighted by Gasteiger charge is 2.27. The molecule has 0 spiro atoms. The lowest BCUT2D eigenvalue weighted by Crippen LogP contribution is -2.13. The van der Waals surface area contributed by atoms with E-state index in [9.17, 15) is 0 Å². The second kappa shape index (κ2) is 8.93. The minimum Gasteiger partial charge on any atom is -0.308 e. The van der Waals surface area contributed by atoms with Crippen LogP contribution in [0.1, 0.15) is 83.9 Å². The highest BCUT2D eigenvalue weighted by atomic mass is 14.9. The van der Waals surface area contributed by atoms with E-state index in [1.54, 1.807) is 0 Å². The number of rotatable bonds is 3. The summed E-state index contributed by atoms with van der Waals surface area (Å²) in [6.07, 6.45) is 9.71.